The third-order valence-corrected chi connectivity index (χ3v) is 3.12. The molecule has 0 saturated carbocycles. The topological polar surface area (TPSA) is 33.6 Å². The summed E-state index contributed by atoms with van der Waals surface area (Å²) in [7, 11) is 0. The standard InChI is InChI=1S/C11H12ClN3S/c1-7(9-4-3-5-10(12)6-9)15-8(2)13-14-11(15)16/h3-7H,1-2H3,(H,14,16). The highest BCUT2D eigenvalue weighted by molar-refractivity contribution is 7.71. The SMILES string of the molecule is Cc1n[nH]c(=S)n1C(C)c1cccc(Cl)c1. The maximum Gasteiger partial charge on any atom is 0.195 e. The lowest BCUT2D eigenvalue weighted by Gasteiger charge is -2.14. The highest BCUT2D eigenvalue weighted by atomic mass is 35.5. The number of hydrogen-bond donors (Lipinski definition) is 1. The van der Waals surface area contributed by atoms with Gasteiger partial charge < -0.3 is 0 Å². The van der Waals surface area contributed by atoms with Gasteiger partial charge in [-0.25, -0.2) is 0 Å². The van der Waals surface area contributed by atoms with Crippen molar-refractivity contribution in [2.24, 2.45) is 0 Å². The lowest BCUT2D eigenvalue weighted by atomic mass is 10.1. The van der Waals surface area contributed by atoms with E-state index in [1.807, 2.05) is 35.8 Å². The van der Waals surface area contributed by atoms with Gasteiger partial charge in [0.1, 0.15) is 5.82 Å². The minimum Gasteiger partial charge on any atom is -0.297 e. The highest BCUT2D eigenvalue weighted by Crippen LogP contribution is 2.22. The Morgan fingerprint density at radius 1 is 1.50 bits per heavy atom. The summed E-state index contributed by atoms with van der Waals surface area (Å²) in [5.74, 6) is 0.873. The maximum absolute atomic E-state index is 5.97. The lowest BCUT2D eigenvalue weighted by molar-refractivity contribution is 0.611. The highest BCUT2D eigenvalue weighted by Gasteiger charge is 2.12. The summed E-state index contributed by atoms with van der Waals surface area (Å²) >= 11 is 11.2. The van der Waals surface area contributed by atoms with Crippen LogP contribution in [0.15, 0.2) is 24.3 Å². The van der Waals surface area contributed by atoms with Gasteiger partial charge >= 0.3 is 0 Å². The van der Waals surface area contributed by atoms with Crippen LogP contribution in [0.2, 0.25) is 5.02 Å². The van der Waals surface area contributed by atoms with Crippen LogP contribution in [0.4, 0.5) is 0 Å². The molecule has 0 radical (unpaired) electrons. The van der Waals surface area contributed by atoms with Gasteiger partial charge in [-0.15, -0.1) is 0 Å². The summed E-state index contributed by atoms with van der Waals surface area (Å²) in [5, 5.41) is 7.62. The molecule has 2 rings (SSSR count). The Labute approximate surface area is 104 Å². The van der Waals surface area contributed by atoms with Crippen molar-refractivity contribution in [1.82, 2.24) is 14.8 Å². The molecule has 1 atom stereocenters. The monoisotopic (exact) mass is 253 g/mol. The molecule has 0 aliphatic heterocycles. The van der Waals surface area contributed by atoms with E-state index in [2.05, 4.69) is 17.1 Å². The van der Waals surface area contributed by atoms with E-state index in [1.54, 1.807) is 0 Å². The van der Waals surface area contributed by atoms with Crippen LogP contribution in [0.1, 0.15) is 24.4 Å². The van der Waals surface area contributed by atoms with Crippen molar-refractivity contribution in [3.8, 4) is 0 Å². The summed E-state index contributed by atoms with van der Waals surface area (Å²) in [6.07, 6.45) is 0. The third-order valence-electron chi connectivity index (χ3n) is 2.60. The van der Waals surface area contributed by atoms with E-state index in [1.165, 1.54) is 0 Å². The van der Waals surface area contributed by atoms with Crippen LogP contribution < -0.4 is 0 Å². The lowest BCUT2D eigenvalue weighted by Crippen LogP contribution is -2.08. The Morgan fingerprint density at radius 3 is 2.81 bits per heavy atom. The summed E-state index contributed by atoms with van der Waals surface area (Å²) in [6, 6.07) is 7.91. The first kappa shape index (κ1) is 11.4. The number of hydrogen-bond acceptors (Lipinski definition) is 2. The number of halogens is 1. The van der Waals surface area contributed by atoms with E-state index in [-0.39, 0.29) is 6.04 Å². The van der Waals surface area contributed by atoms with Crippen LogP contribution in [0.5, 0.6) is 0 Å². The molecule has 3 nitrogen and oxygen atoms in total. The molecule has 0 saturated heterocycles. The fraction of sp³-hybridized carbons (Fsp3) is 0.273. The van der Waals surface area contributed by atoms with Crippen molar-refractivity contribution in [2.45, 2.75) is 19.9 Å². The first-order valence-electron chi connectivity index (χ1n) is 4.98. The molecule has 1 aromatic heterocycles. The molecular weight excluding hydrogens is 242 g/mol. The van der Waals surface area contributed by atoms with Crippen molar-refractivity contribution in [2.75, 3.05) is 0 Å². The summed E-state index contributed by atoms with van der Waals surface area (Å²) in [6.45, 7) is 4.00. The van der Waals surface area contributed by atoms with E-state index >= 15 is 0 Å². The minimum atomic E-state index is 0.130. The Kier molecular flexibility index (Phi) is 3.12. The second kappa shape index (κ2) is 4.39. The molecule has 0 aliphatic rings. The quantitative estimate of drug-likeness (QED) is 0.831. The van der Waals surface area contributed by atoms with Crippen molar-refractivity contribution < 1.29 is 0 Å². The van der Waals surface area contributed by atoms with Crippen LogP contribution >= 0.6 is 23.8 Å². The van der Waals surface area contributed by atoms with Crippen molar-refractivity contribution in [1.29, 1.82) is 0 Å². The summed E-state index contributed by atoms with van der Waals surface area (Å²) in [4.78, 5) is 0. The fourth-order valence-electron chi connectivity index (χ4n) is 1.76. The van der Waals surface area contributed by atoms with Crippen molar-refractivity contribution >= 4 is 23.8 Å². The van der Waals surface area contributed by atoms with E-state index in [0.29, 0.717) is 4.77 Å². The van der Waals surface area contributed by atoms with Gasteiger partial charge in [0, 0.05) is 5.02 Å². The number of benzene rings is 1. The molecule has 5 heteroatoms. The maximum atomic E-state index is 5.97. The summed E-state index contributed by atoms with van der Waals surface area (Å²) in [5.41, 5.74) is 1.12. The predicted octanol–water partition coefficient (Wildman–Crippen LogP) is 3.51. The van der Waals surface area contributed by atoms with Gasteiger partial charge in [0.15, 0.2) is 4.77 Å². The third kappa shape index (κ3) is 2.03. The van der Waals surface area contributed by atoms with Gasteiger partial charge in [-0.2, -0.15) is 5.10 Å². The molecule has 0 aliphatic carbocycles. The van der Waals surface area contributed by atoms with E-state index < -0.39 is 0 Å². The Balaban J connectivity index is 2.47. The fourth-order valence-corrected chi connectivity index (χ4v) is 2.29. The Bertz CT molecular complexity index is 558. The second-order valence-electron chi connectivity index (χ2n) is 3.68. The first-order chi connectivity index (χ1) is 7.59. The van der Waals surface area contributed by atoms with Crippen LogP contribution in [0.3, 0.4) is 0 Å². The van der Waals surface area contributed by atoms with Crippen molar-refractivity contribution in [3.05, 3.63) is 45.4 Å². The molecular formula is C11H12ClN3S. The van der Waals surface area contributed by atoms with E-state index in [9.17, 15) is 0 Å². The Morgan fingerprint density at radius 2 is 2.25 bits per heavy atom. The molecule has 0 spiro atoms. The predicted molar refractivity (Wildman–Crippen MR) is 67.4 cm³/mol. The van der Waals surface area contributed by atoms with Crippen LogP contribution in [-0.2, 0) is 0 Å². The molecule has 16 heavy (non-hydrogen) atoms. The second-order valence-corrected chi connectivity index (χ2v) is 4.50. The van der Waals surface area contributed by atoms with E-state index in [0.717, 1.165) is 16.4 Å². The van der Waals surface area contributed by atoms with Gasteiger partial charge in [0.25, 0.3) is 0 Å². The van der Waals surface area contributed by atoms with Gasteiger partial charge in [0.2, 0.25) is 0 Å². The zero-order valence-corrected chi connectivity index (χ0v) is 10.6. The molecule has 2 aromatic rings. The molecule has 1 aromatic carbocycles. The molecule has 1 heterocycles. The van der Waals surface area contributed by atoms with Crippen LogP contribution in [0.25, 0.3) is 0 Å². The summed E-state index contributed by atoms with van der Waals surface area (Å²) < 4.78 is 2.60. The largest absolute Gasteiger partial charge is 0.297 e. The number of nitrogens with one attached hydrogen (secondary N) is 1. The zero-order valence-electron chi connectivity index (χ0n) is 9.07. The number of H-pyrrole nitrogens is 1. The number of aromatic nitrogens is 3. The number of aromatic amines is 1. The molecule has 0 amide bonds. The van der Waals surface area contributed by atoms with Crippen molar-refractivity contribution in [3.63, 3.8) is 0 Å². The normalized spacial score (nSPS) is 12.7. The smallest absolute Gasteiger partial charge is 0.195 e. The average Bonchev–Trinajstić information content (AvgIpc) is 2.58. The number of nitrogens with zero attached hydrogens (tertiary/aromatic N) is 2. The van der Waals surface area contributed by atoms with E-state index in [4.69, 9.17) is 23.8 Å². The Hall–Kier alpha value is -1.13. The average molecular weight is 254 g/mol. The molecule has 1 N–H and O–H groups in total. The van der Waals surface area contributed by atoms with Crippen LogP contribution in [0, 0.1) is 11.7 Å². The van der Waals surface area contributed by atoms with Gasteiger partial charge in [0.05, 0.1) is 6.04 Å². The minimum absolute atomic E-state index is 0.130. The first-order valence-corrected chi connectivity index (χ1v) is 5.77. The number of aryl methyl sites for hydroxylation is 1. The van der Waals surface area contributed by atoms with Gasteiger partial charge in [-0.1, -0.05) is 23.7 Å². The number of rotatable bonds is 2. The molecule has 0 bridgehead atoms. The van der Waals surface area contributed by atoms with Crippen LogP contribution in [-0.4, -0.2) is 14.8 Å². The zero-order chi connectivity index (χ0) is 11.7. The van der Waals surface area contributed by atoms with Gasteiger partial charge in [-0.05, 0) is 43.8 Å². The molecule has 84 valence electrons. The molecule has 1 unspecified atom stereocenters. The molecule has 0 fully saturated rings. The van der Waals surface area contributed by atoms with Gasteiger partial charge in [-0.3, -0.25) is 9.67 Å².